The second kappa shape index (κ2) is 6.91. The molecule has 0 unspecified atom stereocenters. The number of hydrogen-bond acceptors (Lipinski definition) is 3. The highest BCUT2D eigenvalue weighted by molar-refractivity contribution is 9.09. The molecule has 2 amide bonds. The van der Waals surface area contributed by atoms with Gasteiger partial charge in [0.05, 0.1) is 11.6 Å². The zero-order valence-electron chi connectivity index (χ0n) is 10.6. The number of carbonyl (C=O) groups excluding carboxylic acids is 2. The number of benzene rings is 1. The van der Waals surface area contributed by atoms with Crippen LogP contribution in [0.3, 0.4) is 0 Å². The van der Waals surface area contributed by atoms with Gasteiger partial charge in [0.1, 0.15) is 0 Å². The van der Waals surface area contributed by atoms with Crippen molar-refractivity contribution in [3.63, 3.8) is 0 Å². The van der Waals surface area contributed by atoms with Crippen molar-refractivity contribution >= 4 is 33.4 Å². The maximum Gasteiger partial charge on any atom is 0.291 e. The minimum absolute atomic E-state index is 0.0693. The highest BCUT2D eigenvalue weighted by Crippen LogP contribution is 2.11. The molecule has 0 radical (unpaired) electrons. The van der Waals surface area contributed by atoms with E-state index in [9.17, 15) is 9.59 Å². The molecule has 1 aromatic carbocycles. The molecule has 0 aliphatic rings. The van der Waals surface area contributed by atoms with E-state index in [1.165, 1.54) is 6.26 Å². The molecular weight excluding hydrogens is 324 g/mol. The summed E-state index contributed by atoms with van der Waals surface area (Å²) in [5, 5.41) is 5.75. The first-order chi connectivity index (χ1) is 9.69. The highest BCUT2D eigenvalue weighted by atomic mass is 79.9. The van der Waals surface area contributed by atoms with Crippen molar-refractivity contribution < 1.29 is 14.0 Å². The number of furan rings is 1. The van der Waals surface area contributed by atoms with Gasteiger partial charge in [0.25, 0.3) is 5.91 Å². The monoisotopic (exact) mass is 336 g/mol. The summed E-state index contributed by atoms with van der Waals surface area (Å²) in [4.78, 5) is 22.9. The van der Waals surface area contributed by atoms with Crippen LogP contribution in [0, 0.1) is 0 Å². The molecule has 20 heavy (non-hydrogen) atoms. The first-order valence-corrected chi connectivity index (χ1v) is 7.07. The lowest BCUT2D eigenvalue weighted by Crippen LogP contribution is -2.23. The largest absolute Gasteiger partial charge is 0.459 e. The molecule has 6 heteroatoms. The molecule has 0 atom stereocenters. The summed E-state index contributed by atoms with van der Waals surface area (Å²) in [6.07, 6.45) is 1.45. The molecule has 0 saturated carbocycles. The van der Waals surface area contributed by atoms with E-state index >= 15 is 0 Å². The van der Waals surface area contributed by atoms with E-state index in [2.05, 4.69) is 26.6 Å². The van der Waals surface area contributed by atoms with Crippen molar-refractivity contribution in [2.75, 3.05) is 10.6 Å². The van der Waals surface area contributed by atoms with Gasteiger partial charge in [-0.1, -0.05) is 28.1 Å². The number of amides is 2. The van der Waals surface area contributed by atoms with Crippen molar-refractivity contribution in [2.24, 2.45) is 0 Å². The van der Waals surface area contributed by atoms with Gasteiger partial charge in [0.2, 0.25) is 5.91 Å². The van der Waals surface area contributed by atoms with Gasteiger partial charge < -0.3 is 15.1 Å². The van der Waals surface area contributed by atoms with Crippen molar-refractivity contribution in [2.45, 2.75) is 6.54 Å². The maximum atomic E-state index is 11.7. The summed E-state index contributed by atoms with van der Waals surface area (Å²) < 4.78 is 5.00. The summed E-state index contributed by atoms with van der Waals surface area (Å²) in [6.45, 7) is 0.455. The zero-order valence-corrected chi connectivity index (χ0v) is 12.1. The standard InChI is InChI=1S/C14H13BrN2O3/c15-8-13(18)16-9-10-3-5-11(6-4-10)17-14(19)12-2-1-7-20-12/h1-7H,8-9H2,(H,16,18)(H,17,19). The van der Waals surface area contributed by atoms with Gasteiger partial charge in [-0.3, -0.25) is 9.59 Å². The second-order valence-corrected chi connectivity index (χ2v) is 4.60. The maximum absolute atomic E-state index is 11.7. The summed E-state index contributed by atoms with van der Waals surface area (Å²) in [5.41, 5.74) is 1.62. The zero-order chi connectivity index (χ0) is 14.4. The van der Waals surface area contributed by atoms with Crippen molar-refractivity contribution in [1.29, 1.82) is 0 Å². The molecule has 0 bridgehead atoms. The topological polar surface area (TPSA) is 71.3 Å². The second-order valence-electron chi connectivity index (χ2n) is 4.04. The Labute approximate surface area is 124 Å². The molecule has 1 aromatic heterocycles. The van der Waals surface area contributed by atoms with Gasteiger partial charge in [-0.15, -0.1) is 0 Å². The Bertz CT molecular complexity index is 579. The number of halogens is 1. The minimum Gasteiger partial charge on any atom is -0.459 e. The van der Waals surface area contributed by atoms with E-state index in [0.29, 0.717) is 12.2 Å². The Morgan fingerprint density at radius 2 is 1.90 bits per heavy atom. The van der Waals surface area contributed by atoms with E-state index < -0.39 is 0 Å². The molecule has 2 rings (SSSR count). The third kappa shape index (κ3) is 3.96. The van der Waals surface area contributed by atoms with E-state index in [-0.39, 0.29) is 22.9 Å². The van der Waals surface area contributed by atoms with Gasteiger partial charge in [-0.05, 0) is 29.8 Å². The number of carbonyl (C=O) groups is 2. The lowest BCUT2D eigenvalue weighted by Gasteiger charge is -2.06. The fraction of sp³-hybridized carbons (Fsp3) is 0.143. The summed E-state index contributed by atoms with van der Waals surface area (Å²) in [6, 6.07) is 10.5. The van der Waals surface area contributed by atoms with Crippen molar-refractivity contribution in [3.05, 3.63) is 54.0 Å². The molecule has 2 aromatic rings. The van der Waals surface area contributed by atoms with E-state index in [0.717, 1.165) is 5.56 Å². The Kier molecular flexibility index (Phi) is 4.95. The van der Waals surface area contributed by atoms with Gasteiger partial charge >= 0.3 is 0 Å². The Morgan fingerprint density at radius 3 is 2.50 bits per heavy atom. The summed E-state index contributed by atoms with van der Waals surface area (Å²) in [7, 11) is 0. The molecule has 0 spiro atoms. The molecule has 0 aliphatic heterocycles. The Hall–Kier alpha value is -2.08. The van der Waals surface area contributed by atoms with Crippen LogP contribution in [0.2, 0.25) is 0 Å². The summed E-state index contributed by atoms with van der Waals surface area (Å²) in [5.74, 6) is -0.103. The van der Waals surface area contributed by atoms with Crippen LogP contribution >= 0.6 is 15.9 Å². The lowest BCUT2D eigenvalue weighted by molar-refractivity contribution is -0.118. The lowest BCUT2D eigenvalue weighted by atomic mass is 10.2. The summed E-state index contributed by atoms with van der Waals surface area (Å²) >= 11 is 3.08. The first kappa shape index (κ1) is 14.3. The first-order valence-electron chi connectivity index (χ1n) is 5.95. The minimum atomic E-state index is -0.296. The van der Waals surface area contributed by atoms with Crippen LogP contribution in [-0.2, 0) is 11.3 Å². The van der Waals surface area contributed by atoms with E-state index in [4.69, 9.17) is 4.42 Å². The average molecular weight is 337 g/mol. The van der Waals surface area contributed by atoms with Crippen LogP contribution in [0.1, 0.15) is 16.1 Å². The molecule has 0 saturated heterocycles. The van der Waals surface area contributed by atoms with Crippen LogP contribution in [0.25, 0.3) is 0 Å². The van der Waals surface area contributed by atoms with Crippen LogP contribution in [0.5, 0.6) is 0 Å². The van der Waals surface area contributed by atoms with Crippen molar-refractivity contribution in [3.8, 4) is 0 Å². The van der Waals surface area contributed by atoms with Gasteiger partial charge in [-0.2, -0.15) is 0 Å². The molecular formula is C14H13BrN2O3. The number of anilines is 1. The Morgan fingerprint density at radius 1 is 1.15 bits per heavy atom. The highest BCUT2D eigenvalue weighted by Gasteiger charge is 2.08. The normalized spacial score (nSPS) is 10.1. The fourth-order valence-corrected chi connectivity index (χ4v) is 1.75. The average Bonchev–Trinajstić information content (AvgIpc) is 3.00. The molecule has 2 N–H and O–H groups in total. The number of alkyl halides is 1. The molecule has 104 valence electrons. The van der Waals surface area contributed by atoms with Crippen molar-refractivity contribution in [1.82, 2.24) is 5.32 Å². The van der Waals surface area contributed by atoms with E-state index in [1.54, 1.807) is 24.3 Å². The van der Waals surface area contributed by atoms with Crippen LogP contribution in [0.15, 0.2) is 47.1 Å². The van der Waals surface area contributed by atoms with Crippen LogP contribution in [0.4, 0.5) is 5.69 Å². The quantitative estimate of drug-likeness (QED) is 0.824. The van der Waals surface area contributed by atoms with Gasteiger partial charge in [0.15, 0.2) is 5.76 Å². The number of hydrogen-bond donors (Lipinski definition) is 2. The van der Waals surface area contributed by atoms with Crippen LogP contribution in [-0.4, -0.2) is 17.1 Å². The van der Waals surface area contributed by atoms with E-state index in [1.807, 2.05) is 12.1 Å². The number of rotatable bonds is 5. The smallest absolute Gasteiger partial charge is 0.291 e. The van der Waals surface area contributed by atoms with Crippen LogP contribution < -0.4 is 10.6 Å². The SMILES string of the molecule is O=C(CBr)NCc1ccc(NC(=O)c2ccco2)cc1. The molecule has 1 heterocycles. The molecule has 0 fully saturated rings. The number of nitrogens with one attached hydrogen (secondary N) is 2. The molecule has 5 nitrogen and oxygen atoms in total. The predicted octanol–water partition coefficient (Wildman–Crippen LogP) is 2.54. The molecule has 0 aliphatic carbocycles. The van der Waals surface area contributed by atoms with Gasteiger partial charge in [-0.25, -0.2) is 0 Å². The third-order valence-electron chi connectivity index (χ3n) is 2.57. The fourth-order valence-electron chi connectivity index (χ4n) is 1.55. The van der Waals surface area contributed by atoms with Gasteiger partial charge in [0, 0.05) is 12.2 Å². The Balaban J connectivity index is 1.91. The predicted molar refractivity (Wildman–Crippen MR) is 78.7 cm³/mol. The third-order valence-corrected chi connectivity index (χ3v) is 3.08.